The first kappa shape index (κ1) is 30.1. The number of carboxylic acid groups (broad SMARTS) is 1. The molecule has 1 saturated carbocycles. The summed E-state index contributed by atoms with van der Waals surface area (Å²) in [7, 11) is 0. The number of alkyl halides is 3. The molecule has 2 aliphatic rings. The molecule has 41 heavy (non-hydrogen) atoms. The number of nitrogens with zero attached hydrogens (tertiary/aromatic N) is 1. The Morgan fingerprint density at radius 2 is 1.54 bits per heavy atom. The van der Waals surface area contributed by atoms with E-state index in [0.29, 0.717) is 28.9 Å². The molecule has 7 nitrogen and oxygen atoms in total. The summed E-state index contributed by atoms with van der Waals surface area (Å²) in [5.74, 6) is -1.42. The second-order valence-electron chi connectivity index (χ2n) is 10.5. The van der Waals surface area contributed by atoms with Gasteiger partial charge in [0.05, 0.1) is 11.4 Å². The van der Waals surface area contributed by atoms with Gasteiger partial charge in [-0.2, -0.15) is 13.2 Å². The van der Waals surface area contributed by atoms with Crippen LogP contribution in [0.5, 0.6) is 0 Å². The van der Waals surface area contributed by atoms with Gasteiger partial charge in [-0.25, -0.2) is 4.79 Å². The van der Waals surface area contributed by atoms with Gasteiger partial charge < -0.3 is 21.5 Å². The Labute approximate surface area is 237 Å². The molecule has 1 amide bonds. The van der Waals surface area contributed by atoms with E-state index >= 15 is 0 Å². The zero-order valence-electron chi connectivity index (χ0n) is 22.6. The molecule has 0 radical (unpaired) electrons. The summed E-state index contributed by atoms with van der Waals surface area (Å²) in [6.45, 7) is 4.34. The van der Waals surface area contributed by atoms with Crippen LogP contribution < -0.4 is 16.4 Å². The van der Waals surface area contributed by atoms with E-state index in [9.17, 15) is 18.0 Å². The normalized spacial score (nSPS) is 19.1. The quantitative estimate of drug-likeness (QED) is 0.267. The van der Waals surface area contributed by atoms with Gasteiger partial charge in [0, 0.05) is 24.1 Å². The van der Waals surface area contributed by atoms with Crippen molar-refractivity contribution in [2.45, 2.75) is 43.9 Å². The Hall–Kier alpha value is -3.89. The number of likely N-dealkylation sites (tertiary alicyclic amines) is 1. The lowest BCUT2D eigenvalue weighted by Crippen LogP contribution is -2.37. The second-order valence-corrected chi connectivity index (χ2v) is 10.5. The number of nitrogen functional groups attached to an aromatic ring is 1. The number of aliphatic carboxylic acids is 1. The van der Waals surface area contributed by atoms with Crippen LogP contribution in [-0.2, 0) is 11.3 Å². The molecule has 0 aromatic heterocycles. The van der Waals surface area contributed by atoms with Crippen LogP contribution in [-0.4, -0.2) is 53.7 Å². The van der Waals surface area contributed by atoms with Gasteiger partial charge in [0.1, 0.15) is 0 Å². The van der Waals surface area contributed by atoms with Crippen molar-refractivity contribution in [2.75, 3.05) is 30.7 Å². The van der Waals surface area contributed by atoms with E-state index in [1.807, 2.05) is 30.3 Å². The number of nitrogens with one attached hydrogen (secondary N) is 2. The van der Waals surface area contributed by atoms with Crippen molar-refractivity contribution < 1.29 is 27.9 Å². The third-order valence-electron chi connectivity index (χ3n) is 7.47. The van der Waals surface area contributed by atoms with E-state index in [1.54, 1.807) is 6.07 Å². The van der Waals surface area contributed by atoms with Crippen molar-refractivity contribution in [2.24, 2.45) is 5.92 Å². The molecule has 1 heterocycles. The maximum absolute atomic E-state index is 12.5. The van der Waals surface area contributed by atoms with Crippen LogP contribution in [0.4, 0.5) is 24.5 Å². The molecule has 0 spiro atoms. The number of piperidine rings is 1. The molecule has 2 atom stereocenters. The number of benzene rings is 3. The third kappa shape index (κ3) is 9.06. The number of carbonyl (C=O) groups is 2. The fraction of sp³-hybridized carbons (Fsp3) is 0.355. The minimum absolute atomic E-state index is 0.136. The second kappa shape index (κ2) is 13.6. The topological polar surface area (TPSA) is 108 Å². The number of halogens is 3. The van der Waals surface area contributed by atoms with Crippen LogP contribution in [0, 0.1) is 5.92 Å². The average Bonchev–Trinajstić information content (AvgIpc) is 3.74. The fourth-order valence-electron chi connectivity index (χ4n) is 4.98. The maximum atomic E-state index is 12.5. The van der Waals surface area contributed by atoms with Crippen LogP contribution in [0.3, 0.4) is 0 Å². The van der Waals surface area contributed by atoms with Gasteiger partial charge in [-0.15, -0.1) is 0 Å². The van der Waals surface area contributed by atoms with Crippen molar-refractivity contribution in [1.29, 1.82) is 0 Å². The average molecular weight is 569 g/mol. The van der Waals surface area contributed by atoms with Crippen molar-refractivity contribution in [3.63, 3.8) is 0 Å². The van der Waals surface area contributed by atoms with Crippen molar-refractivity contribution in [3.05, 3.63) is 95.6 Å². The standard InChI is InChI=1S/C29H34N4O.C2HF3O2/c30-26-8-4-5-9-27(26)32-29(34)24-12-10-22(11-13-24)20-33-16-14-21(15-17-33)19-31-28-18-25(28)23-6-2-1-3-7-23;3-2(4,5)1(6)7/h1-13,21,25,28,31H,14-20,30H2,(H,32,34);(H,6,7)/t25-,28+;/m0./s1. The van der Waals surface area contributed by atoms with E-state index in [2.05, 4.69) is 58.0 Å². The highest BCUT2D eigenvalue weighted by molar-refractivity contribution is 6.05. The van der Waals surface area contributed by atoms with Gasteiger partial charge in [-0.1, -0.05) is 54.6 Å². The Morgan fingerprint density at radius 3 is 2.15 bits per heavy atom. The van der Waals surface area contributed by atoms with E-state index < -0.39 is 12.1 Å². The Balaban J connectivity index is 0.000000493. The summed E-state index contributed by atoms with van der Waals surface area (Å²) in [5, 5.41) is 13.8. The van der Waals surface area contributed by atoms with Crippen LogP contribution in [0.1, 0.15) is 46.7 Å². The SMILES string of the molecule is Nc1ccccc1NC(=O)c1ccc(CN2CCC(CN[C@@H]3C[C@H]3c3ccccc3)CC2)cc1.O=C(O)C(F)(F)F. The molecule has 1 aliphatic carbocycles. The van der Waals surface area contributed by atoms with Crippen LogP contribution >= 0.6 is 0 Å². The van der Waals surface area contributed by atoms with Gasteiger partial charge in [-0.3, -0.25) is 9.69 Å². The highest BCUT2D eigenvalue weighted by Gasteiger charge is 2.39. The molecule has 10 heteroatoms. The summed E-state index contributed by atoms with van der Waals surface area (Å²) < 4.78 is 31.7. The smallest absolute Gasteiger partial charge is 0.475 e. The summed E-state index contributed by atoms with van der Waals surface area (Å²) in [6.07, 6.45) is -1.32. The number of carboxylic acids is 1. The number of amides is 1. The molecule has 1 aliphatic heterocycles. The number of hydrogen-bond acceptors (Lipinski definition) is 5. The molecule has 3 aromatic carbocycles. The van der Waals surface area contributed by atoms with Crippen LogP contribution in [0.15, 0.2) is 78.9 Å². The molecule has 0 bridgehead atoms. The molecule has 3 aromatic rings. The van der Waals surface area contributed by atoms with Gasteiger partial charge in [0.25, 0.3) is 5.91 Å². The molecule has 5 rings (SSSR count). The van der Waals surface area contributed by atoms with Gasteiger partial charge in [0.15, 0.2) is 0 Å². The van der Waals surface area contributed by atoms with Crippen molar-refractivity contribution in [1.82, 2.24) is 10.2 Å². The molecular weight excluding hydrogens is 533 g/mol. The summed E-state index contributed by atoms with van der Waals surface area (Å²) >= 11 is 0. The lowest BCUT2D eigenvalue weighted by molar-refractivity contribution is -0.192. The molecule has 218 valence electrons. The zero-order valence-corrected chi connectivity index (χ0v) is 22.6. The predicted octanol–water partition coefficient (Wildman–Crippen LogP) is 5.51. The number of carbonyl (C=O) groups excluding carboxylic acids is 1. The fourth-order valence-corrected chi connectivity index (χ4v) is 4.98. The monoisotopic (exact) mass is 568 g/mol. The van der Waals surface area contributed by atoms with Gasteiger partial charge in [-0.05, 0) is 80.2 Å². The van der Waals surface area contributed by atoms with E-state index in [-0.39, 0.29) is 5.91 Å². The molecule has 2 fully saturated rings. The van der Waals surface area contributed by atoms with E-state index in [0.717, 1.165) is 32.1 Å². The molecule has 1 saturated heterocycles. The first-order valence-electron chi connectivity index (χ1n) is 13.7. The zero-order chi connectivity index (χ0) is 29.4. The number of para-hydroxylation sites is 2. The maximum Gasteiger partial charge on any atom is 0.490 e. The van der Waals surface area contributed by atoms with E-state index in [1.165, 1.54) is 30.4 Å². The van der Waals surface area contributed by atoms with Crippen LogP contribution in [0.2, 0.25) is 0 Å². The lowest BCUT2D eigenvalue weighted by atomic mass is 9.96. The first-order chi connectivity index (χ1) is 19.6. The molecule has 5 N–H and O–H groups in total. The minimum Gasteiger partial charge on any atom is -0.475 e. The largest absolute Gasteiger partial charge is 0.490 e. The number of hydrogen-bond donors (Lipinski definition) is 4. The number of anilines is 2. The van der Waals surface area contributed by atoms with Crippen molar-refractivity contribution in [3.8, 4) is 0 Å². The van der Waals surface area contributed by atoms with E-state index in [4.69, 9.17) is 15.6 Å². The Morgan fingerprint density at radius 1 is 0.927 bits per heavy atom. The van der Waals surface area contributed by atoms with Gasteiger partial charge in [0.2, 0.25) is 0 Å². The van der Waals surface area contributed by atoms with Crippen molar-refractivity contribution >= 4 is 23.3 Å². The summed E-state index contributed by atoms with van der Waals surface area (Å²) in [5.41, 5.74) is 10.5. The highest BCUT2D eigenvalue weighted by Crippen LogP contribution is 2.40. The molecule has 0 unspecified atom stereocenters. The predicted molar refractivity (Wildman–Crippen MR) is 153 cm³/mol. The number of rotatable bonds is 8. The van der Waals surface area contributed by atoms with Gasteiger partial charge >= 0.3 is 12.1 Å². The Kier molecular flexibility index (Phi) is 10.0. The Bertz CT molecular complexity index is 1290. The summed E-state index contributed by atoms with van der Waals surface area (Å²) in [6, 6.07) is 26.8. The molecular formula is C31H35F3N4O3. The minimum atomic E-state index is -5.08. The lowest BCUT2D eigenvalue weighted by Gasteiger charge is -2.32. The highest BCUT2D eigenvalue weighted by atomic mass is 19.4. The number of nitrogens with two attached hydrogens (primary N) is 1. The third-order valence-corrected chi connectivity index (χ3v) is 7.47. The summed E-state index contributed by atoms with van der Waals surface area (Å²) in [4.78, 5) is 24.0. The van der Waals surface area contributed by atoms with Crippen LogP contribution in [0.25, 0.3) is 0 Å². The first-order valence-corrected chi connectivity index (χ1v) is 13.7.